The maximum absolute atomic E-state index is 12.1. The molecule has 21 heavy (non-hydrogen) atoms. The highest BCUT2D eigenvalue weighted by Crippen LogP contribution is 2.28. The van der Waals surface area contributed by atoms with Gasteiger partial charge in [-0.1, -0.05) is 12.1 Å². The van der Waals surface area contributed by atoms with Crippen LogP contribution in [0.1, 0.15) is 24.0 Å². The molecule has 1 aromatic heterocycles. The minimum atomic E-state index is -0.140. The van der Waals surface area contributed by atoms with E-state index in [1.54, 1.807) is 0 Å². The van der Waals surface area contributed by atoms with Crippen molar-refractivity contribution < 1.29 is 4.79 Å². The van der Waals surface area contributed by atoms with Crippen molar-refractivity contribution in [3.8, 4) is 0 Å². The molecular formula is C16H17N3O2. The van der Waals surface area contributed by atoms with Crippen LogP contribution in [0.25, 0.3) is 0 Å². The molecule has 5 nitrogen and oxygen atoms in total. The first-order valence-corrected chi connectivity index (χ1v) is 7.15. The number of hydrogen-bond donors (Lipinski definition) is 1. The summed E-state index contributed by atoms with van der Waals surface area (Å²) in [7, 11) is 0. The van der Waals surface area contributed by atoms with Crippen LogP contribution < -0.4 is 10.9 Å². The highest BCUT2D eigenvalue weighted by molar-refractivity contribution is 5.91. The molecule has 0 spiro atoms. The standard InChI is InChI=1S/C16H17N3O2/c20-15(8-10-19-11-17-9-7-16(19)21)18-14-6-2-4-12-3-1-5-13(12)14/h2,4,6-7,9,11H,1,3,5,8,10H2,(H,18,20). The maximum atomic E-state index is 12.1. The fourth-order valence-electron chi connectivity index (χ4n) is 2.72. The summed E-state index contributed by atoms with van der Waals surface area (Å²) in [5, 5.41) is 2.96. The minimum absolute atomic E-state index is 0.0777. The number of fused-ring (bicyclic) bond motifs is 1. The van der Waals surface area contributed by atoms with E-state index in [1.165, 1.54) is 34.3 Å². The van der Waals surface area contributed by atoms with E-state index in [0.717, 1.165) is 24.9 Å². The molecule has 0 unspecified atom stereocenters. The van der Waals surface area contributed by atoms with E-state index < -0.39 is 0 Å². The quantitative estimate of drug-likeness (QED) is 0.930. The third-order valence-electron chi connectivity index (χ3n) is 3.79. The maximum Gasteiger partial charge on any atom is 0.253 e. The van der Waals surface area contributed by atoms with Crippen LogP contribution in [0.4, 0.5) is 5.69 Å². The average Bonchev–Trinajstić information content (AvgIpc) is 2.96. The number of carbonyl (C=O) groups is 1. The highest BCUT2D eigenvalue weighted by atomic mass is 16.1. The summed E-state index contributed by atoms with van der Waals surface area (Å²) >= 11 is 0. The first kappa shape index (κ1) is 13.5. The molecular weight excluding hydrogens is 266 g/mol. The minimum Gasteiger partial charge on any atom is -0.326 e. The number of hydrogen-bond acceptors (Lipinski definition) is 3. The molecule has 0 aliphatic heterocycles. The summed E-state index contributed by atoms with van der Waals surface area (Å²) in [6, 6.07) is 7.43. The van der Waals surface area contributed by atoms with Gasteiger partial charge in [0.25, 0.3) is 5.56 Å². The van der Waals surface area contributed by atoms with Crippen LogP contribution in [0.2, 0.25) is 0 Å². The molecule has 3 rings (SSSR count). The van der Waals surface area contributed by atoms with Gasteiger partial charge in [-0.15, -0.1) is 0 Å². The van der Waals surface area contributed by atoms with E-state index in [-0.39, 0.29) is 17.9 Å². The Labute approximate surface area is 122 Å². The Hall–Kier alpha value is -2.43. The number of anilines is 1. The van der Waals surface area contributed by atoms with Gasteiger partial charge in [0.15, 0.2) is 0 Å². The third-order valence-corrected chi connectivity index (χ3v) is 3.79. The molecule has 0 atom stereocenters. The molecule has 2 aromatic rings. The van der Waals surface area contributed by atoms with Gasteiger partial charge >= 0.3 is 0 Å². The first-order valence-electron chi connectivity index (χ1n) is 7.15. The van der Waals surface area contributed by atoms with Crippen molar-refractivity contribution in [2.45, 2.75) is 32.2 Å². The Morgan fingerprint density at radius 2 is 2.19 bits per heavy atom. The number of aromatic nitrogens is 2. The van der Waals surface area contributed by atoms with Crippen LogP contribution in [-0.2, 0) is 24.2 Å². The summed E-state index contributed by atoms with van der Waals surface area (Å²) in [4.78, 5) is 27.5. The van der Waals surface area contributed by atoms with Crippen molar-refractivity contribution >= 4 is 11.6 Å². The van der Waals surface area contributed by atoms with Crippen molar-refractivity contribution in [3.05, 3.63) is 58.3 Å². The zero-order chi connectivity index (χ0) is 14.7. The van der Waals surface area contributed by atoms with E-state index in [1.807, 2.05) is 12.1 Å². The molecule has 0 saturated heterocycles. The van der Waals surface area contributed by atoms with Gasteiger partial charge < -0.3 is 5.32 Å². The highest BCUT2D eigenvalue weighted by Gasteiger charge is 2.15. The average molecular weight is 283 g/mol. The van der Waals surface area contributed by atoms with Crippen molar-refractivity contribution in [3.63, 3.8) is 0 Å². The third kappa shape index (κ3) is 3.02. The van der Waals surface area contributed by atoms with Crippen LogP contribution in [0.5, 0.6) is 0 Å². The van der Waals surface area contributed by atoms with Gasteiger partial charge in [0.1, 0.15) is 0 Å². The Kier molecular flexibility index (Phi) is 3.81. The number of carbonyl (C=O) groups excluding carboxylic acids is 1. The number of nitrogens with one attached hydrogen (secondary N) is 1. The van der Waals surface area contributed by atoms with Crippen LogP contribution in [0.3, 0.4) is 0 Å². The fraction of sp³-hybridized carbons (Fsp3) is 0.312. The zero-order valence-electron chi connectivity index (χ0n) is 11.7. The SMILES string of the molecule is O=C(CCn1cnccc1=O)Nc1cccc2c1CCC2. The molecule has 0 bridgehead atoms. The van der Waals surface area contributed by atoms with Crippen molar-refractivity contribution in [1.82, 2.24) is 9.55 Å². The van der Waals surface area contributed by atoms with Gasteiger partial charge in [-0.25, -0.2) is 4.98 Å². The summed E-state index contributed by atoms with van der Waals surface area (Å²) in [5.74, 6) is -0.0777. The first-order chi connectivity index (χ1) is 10.2. The van der Waals surface area contributed by atoms with Gasteiger partial charge in [-0.05, 0) is 36.5 Å². The van der Waals surface area contributed by atoms with Gasteiger partial charge in [-0.3, -0.25) is 14.2 Å². The Morgan fingerprint density at radius 1 is 1.29 bits per heavy atom. The predicted molar refractivity (Wildman–Crippen MR) is 80.2 cm³/mol. The Bertz CT molecular complexity index is 721. The molecule has 1 amide bonds. The lowest BCUT2D eigenvalue weighted by Gasteiger charge is -2.10. The second-order valence-corrected chi connectivity index (χ2v) is 5.21. The molecule has 1 aliphatic carbocycles. The van der Waals surface area contributed by atoms with E-state index in [0.29, 0.717) is 6.54 Å². The summed E-state index contributed by atoms with van der Waals surface area (Å²) in [6.45, 7) is 0.341. The number of benzene rings is 1. The molecule has 108 valence electrons. The predicted octanol–water partition coefficient (Wildman–Crippen LogP) is 1.76. The van der Waals surface area contributed by atoms with E-state index in [4.69, 9.17) is 0 Å². The smallest absolute Gasteiger partial charge is 0.253 e. The second-order valence-electron chi connectivity index (χ2n) is 5.21. The van der Waals surface area contributed by atoms with Gasteiger partial charge in [0.05, 0.1) is 6.33 Å². The lowest BCUT2D eigenvalue weighted by Crippen LogP contribution is -2.22. The van der Waals surface area contributed by atoms with E-state index in [2.05, 4.69) is 16.4 Å². The van der Waals surface area contributed by atoms with Gasteiger partial charge in [0, 0.05) is 30.9 Å². The van der Waals surface area contributed by atoms with E-state index in [9.17, 15) is 9.59 Å². The molecule has 1 N–H and O–H groups in total. The summed E-state index contributed by atoms with van der Waals surface area (Å²) < 4.78 is 1.44. The van der Waals surface area contributed by atoms with Crippen molar-refractivity contribution in [2.75, 3.05) is 5.32 Å². The molecule has 1 aliphatic rings. The fourth-order valence-corrected chi connectivity index (χ4v) is 2.72. The van der Waals surface area contributed by atoms with E-state index >= 15 is 0 Å². The topological polar surface area (TPSA) is 64.0 Å². The molecule has 5 heteroatoms. The molecule has 1 aromatic carbocycles. The lowest BCUT2D eigenvalue weighted by molar-refractivity contribution is -0.116. The normalized spacial score (nSPS) is 13.0. The number of rotatable bonds is 4. The second kappa shape index (κ2) is 5.91. The zero-order valence-corrected chi connectivity index (χ0v) is 11.7. The van der Waals surface area contributed by atoms with Gasteiger partial charge in [-0.2, -0.15) is 0 Å². The van der Waals surface area contributed by atoms with Crippen molar-refractivity contribution in [2.24, 2.45) is 0 Å². The largest absolute Gasteiger partial charge is 0.326 e. The molecule has 0 radical (unpaired) electrons. The number of aryl methyl sites for hydroxylation is 2. The van der Waals surface area contributed by atoms with Crippen molar-refractivity contribution in [1.29, 1.82) is 0 Å². The molecule has 1 heterocycles. The Morgan fingerprint density at radius 3 is 3.05 bits per heavy atom. The van der Waals surface area contributed by atoms with Crippen LogP contribution in [0.15, 0.2) is 41.6 Å². The Balaban J connectivity index is 1.64. The molecule has 0 saturated carbocycles. The summed E-state index contributed by atoms with van der Waals surface area (Å²) in [5.41, 5.74) is 3.35. The van der Waals surface area contributed by atoms with Gasteiger partial charge in [0.2, 0.25) is 5.91 Å². The monoisotopic (exact) mass is 283 g/mol. The van der Waals surface area contributed by atoms with Crippen LogP contribution >= 0.6 is 0 Å². The van der Waals surface area contributed by atoms with Crippen LogP contribution in [-0.4, -0.2) is 15.5 Å². The summed E-state index contributed by atoms with van der Waals surface area (Å²) in [6.07, 6.45) is 6.42. The number of amides is 1. The number of nitrogens with zero attached hydrogens (tertiary/aromatic N) is 2. The van der Waals surface area contributed by atoms with Crippen LogP contribution in [0, 0.1) is 0 Å². The molecule has 0 fully saturated rings. The lowest BCUT2D eigenvalue weighted by atomic mass is 10.1.